The quantitative estimate of drug-likeness (QED) is 0.339. The Morgan fingerprint density at radius 2 is 1.96 bits per heavy atom. The van der Waals surface area contributed by atoms with Gasteiger partial charge in [0.25, 0.3) is 5.91 Å². The van der Waals surface area contributed by atoms with Crippen molar-refractivity contribution in [2.24, 2.45) is 0 Å². The van der Waals surface area contributed by atoms with Crippen LogP contribution in [-0.4, -0.2) is 10.8 Å². The van der Waals surface area contributed by atoms with Crippen LogP contribution in [0.3, 0.4) is 0 Å². The molecule has 28 heavy (non-hydrogen) atoms. The number of amides is 1. The number of fused-ring (bicyclic) bond motifs is 1. The number of benzene rings is 2. The van der Waals surface area contributed by atoms with E-state index in [1.807, 2.05) is 55.5 Å². The minimum absolute atomic E-state index is 0.193. The van der Waals surface area contributed by atoms with Crippen LogP contribution in [0, 0.1) is 6.92 Å². The van der Waals surface area contributed by atoms with Crippen LogP contribution in [0.15, 0.2) is 74.2 Å². The van der Waals surface area contributed by atoms with Crippen molar-refractivity contribution in [3.63, 3.8) is 0 Å². The van der Waals surface area contributed by atoms with Gasteiger partial charge < -0.3 is 13.7 Å². The van der Waals surface area contributed by atoms with Crippen LogP contribution in [0.25, 0.3) is 11.0 Å². The fourth-order valence-electron chi connectivity index (χ4n) is 3.19. The summed E-state index contributed by atoms with van der Waals surface area (Å²) >= 11 is 9.59. The summed E-state index contributed by atoms with van der Waals surface area (Å²) in [7, 11) is 0. The number of hydrogen-bond acceptors (Lipinski definition) is 3. The number of aryl methyl sites for hydroxylation is 1. The van der Waals surface area contributed by atoms with Crippen LogP contribution in [0.5, 0.6) is 0 Å². The van der Waals surface area contributed by atoms with Gasteiger partial charge in [-0.25, -0.2) is 0 Å². The smallest absolute Gasteiger partial charge is 0.290 e. The topological polar surface area (TPSA) is 46.6 Å². The highest BCUT2D eigenvalue weighted by Gasteiger charge is 2.24. The molecule has 4 nitrogen and oxygen atoms in total. The Morgan fingerprint density at radius 1 is 1.11 bits per heavy atom. The van der Waals surface area contributed by atoms with E-state index in [1.165, 1.54) is 0 Å². The second-order valence-corrected chi connectivity index (χ2v) is 7.92. The first-order valence-corrected chi connectivity index (χ1v) is 9.93. The van der Waals surface area contributed by atoms with Gasteiger partial charge in [0.15, 0.2) is 5.76 Å². The number of carbonyl (C=O) groups excluding carboxylic acids is 1. The van der Waals surface area contributed by atoms with E-state index in [0.717, 1.165) is 21.0 Å². The molecule has 0 unspecified atom stereocenters. The fraction of sp³-hybridized carbons (Fsp3) is 0.136. The Morgan fingerprint density at radius 3 is 2.71 bits per heavy atom. The van der Waals surface area contributed by atoms with E-state index in [0.29, 0.717) is 35.2 Å². The van der Waals surface area contributed by atoms with Gasteiger partial charge in [0.2, 0.25) is 0 Å². The average Bonchev–Trinajstić information content (AvgIpc) is 3.29. The van der Waals surface area contributed by atoms with Crippen molar-refractivity contribution in [2.75, 3.05) is 0 Å². The first-order chi connectivity index (χ1) is 13.5. The zero-order chi connectivity index (χ0) is 19.7. The lowest BCUT2D eigenvalue weighted by atomic mass is 10.1. The molecule has 2 aromatic heterocycles. The maximum Gasteiger partial charge on any atom is 0.290 e. The summed E-state index contributed by atoms with van der Waals surface area (Å²) in [5.41, 5.74) is 2.44. The molecular formula is C22H17BrClNO3. The lowest BCUT2D eigenvalue weighted by Gasteiger charge is -2.21. The molecule has 0 aliphatic rings. The van der Waals surface area contributed by atoms with Crippen LogP contribution in [0.4, 0.5) is 0 Å². The molecule has 0 radical (unpaired) electrons. The van der Waals surface area contributed by atoms with Crippen LogP contribution in [0.2, 0.25) is 5.02 Å². The molecule has 0 fully saturated rings. The van der Waals surface area contributed by atoms with Crippen molar-refractivity contribution < 1.29 is 13.6 Å². The second kappa shape index (κ2) is 7.86. The van der Waals surface area contributed by atoms with Crippen molar-refractivity contribution >= 4 is 44.4 Å². The third kappa shape index (κ3) is 3.86. The van der Waals surface area contributed by atoms with E-state index in [1.54, 1.807) is 17.2 Å². The zero-order valence-corrected chi connectivity index (χ0v) is 17.5. The number of furan rings is 2. The fourth-order valence-corrected chi connectivity index (χ4v) is 3.76. The number of carbonyl (C=O) groups is 1. The number of rotatable bonds is 5. The highest BCUT2D eigenvalue weighted by Crippen LogP contribution is 2.29. The SMILES string of the molecule is Cc1c(C(=O)N(Cc2cccc(Cl)c2)Cc2ccco2)oc2ccc(Br)cc12. The molecule has 6 heteroatoms. The molecule has 2 aromatic carbocycles. The minimum Gasteiger partial charge on any atom is -0.467 e. The number of nitrogens with zero attached hydrogens (tertiary/aromatic N) is 1. The van der Waals surface area contributed by atoms with E-state index in [9.17, 15) is 4.79 Å². The van der Waals surface area contributed by atoms with Crippen LogP contribution >= 0.6 is 27.5 Å². The van der Waals surface area contributed by atoms with Gasteiger partial charge in [-0.2, -0.15) is 0 Å². The summed E-state index contributed by atoms with van der Waals surface area (Å²) in [5.74, 6) is 0.842. The third-order valence-corrected chi connectivity index (χ3v) is 5.30. The Hall–Kier alpha value is -2.50. The van der Waals surface area contributed by atoms with E-state index in [4.69, 9.17) is 20.4 Å². The van der Waals surface area contributed by atoms with Gasteiger partial charge in [-0.05, 0) is 55.0 Å². The summed E-state index contributed by atoms with van der Waals surface area (Å²) < 4.78 is 12.3. The van der Waals surface area contributed by atoms with Gasteiger partial charge in [0.1, 0.15) is 11.3 Å². The molecule has 2 heterocycles. The predicted octanol–water partition coefficient (Wildman–Crippen LogP) is 6.59. The number of hydrogen-bond donors (Lipinski definition) is 0. The van der Waals surface area contributed by atoms with Crippen molar-refractivity contribution in [3.8, 4) is 0 Å². The molecule has 4 aromatic rings. The number of halogens is 2. The molecule has 0 saturated carbocycles. The molecule has 0 spiro atoms. The van der Waals surface area contributed by atoms with Crippen molar-refractivity contribution in [3.05, 3.63) is 93.0 Å². The lowest BCUT2D eigenvalue weighted by Crippen LogP contribution is -2.30. The summed E-state index contributed by atoms with van der Waals surface area (Å²) in [6, 6.07) is 16.8. The Kier molecular flexibility index (Phi) is 5.29. The summed E-state index contributed by atoms with van der Waals surface area (Å²) in [4.78, 5) is 15.1. The second-order valence-electron chi connectivity index (χ2n) is 6.57. The zero-order valence-electron chi connectivity index (χ0n) is 15.1. The highest BCUT2D eigenvalue weighted by atomic mass is 79.9. The first-order valence-electron chi connectivity index (χ1n) is 8.76. The standard InChI is InChI=1S/C22H17BrClNO3/c1-14-19-11-16(23)7-8-20(19)28-21(14)22(26)25(13-18-6-3-9-27-18)12-15-4-2-5-17(24)10-15/h2-11H,12-13H2,1H3. The highest BCUT2D eigenvalue weighted by molar-refractivity contribution is 9.10. The van der Waals surface area contributed by atoms with Gasteiger partial charge in [-0.15, -0.1) is 0 Å². The largest absolute Gasteiger partial charge is 0.467 e. The van der Waals surface area contributed by atoms with Crippen LogP contribution in [-0.2, 0) is 13.1 Å². The van der Waals surface area contributed by atoms with Crippen molar-refractivity contribution in [1.82, 2.24) is 4.90 Å². The van der Waals surface area contributed by atoms with Gasteiger partial charge in [-0.1, -0.05) is 39.7 Å². The van der Waals surface area contributed by atoms with Crippen molar-refractivity contribution in [2.45, 2.75) is 20.0 Å². The molecular weight excluding hydrogens is 442 g/mol. The van der Waals surface area contributed by atoms with Gasteiger partial charge >= 0.3 is 0 Å². The first kappa shape index (κ1) is 18.8. The molecule has 0 atom stereocenters. The van der Waals surface area contributed by atoms with E-state index < -0.39 is 0 Å². The Labute approximate surface area is 175 Å². The normalized spacial score (nSPS) is 11.1. The molecule has 1 amide bonds. The summed E-state index contributed by atoms with van der Waals surface area (Å²) in [6.45, 7) is 2.62. The van der Waals surface area contributed by atoms with E-state index >= 15 is 0 Å². The molecule has 0 aliphatic heterocycles. The summed E-state index contributed by atoms with van der Waals surface area (Å²) in [5, 5.41) is 1.55. The summed E-state index contributed by atoms with van der Waals surface area (Å²) in [6.07, 6.45) is 1.60. The van der Waals surface area contributed by atoms with Crippen LogP contribution < -0.4 is 0 Å². The molecule has 4 rings (SSSR count). The molecule has 0 bridgehead atoms. The lowest BCUT2D eigenvalue weighted by molar-refractivity contribution is 0.0686. The predicted molar refractivity (Wildman–Crippen MR) is 112 cm³/mol. The average molecular weight is 459 g/mol. The maximum absolute atomic E-state index is 13.4. The van der Waals surface area contributed by atoms with Crippen LogP contribution in [0.1, 0.15) is 27.4 Å². The monoisotopic (exact) mass is 457 g/mol. The molecule has 0 N–H and O–H groups in total. The maximum atomic E-state index is 13.4. The van der Waals surface area contributed by atoms with Gasteiger partial charge in [-0.3, -0.25) is 4.79 Å². The molecule has 142 valence electrons. The van der Waals surface area contributed by atoms with E-state index in [-0.39, 0.29) is 5.91 Å². The Balaban J connectivity index is 1.71. The van der Waals surface area contributed by atoms with Gasteiger partial charge in [0.05, 0.1) is 12.8 Å². The van der Waals surface area contributed by atoms with Gasteiger partial charge in [0, 0.05) is 27.0 Å². The molecule has 0 aliphatic carbocycles. The van der Waals surface area contributed by atoms with E-state index in [2.05, 4.69) is 15.9 Å². The minimum atomic E-state index is -0.193. The Bertz CT molecular complexity index is 1130. The molecule has 0 saturated heterocycles. The third-order valence-electron chi connectivity index (χ3n) is 4.57. The van der Waals surface area contributed by atoms with Crippen molar-refractivity contribution in [1.29, 1.82) is 0 Å².